The lowest BCUT2D eigenvalue weighted by atomic mass is 10.0. The number of aromatic amines is 1. The summed E-state index contributed by atoms with van der Waals surface area (Å²) < 4.78 is 11.4. The average Bonchev–Trinajstić information content (AvgIpc) is 3.26. The lowest BCUT2D eigenvalue weighted by Gasteiger charge is -2.37. The average molecular weight is 348 g/mol. The summed E-state index contributed by atoms with van der Waals surface area (Å²) in [6.45, 7) is 2.49. The topological polar surface area (TPSA) is 67.5 Å². The first-order valence-corrected chi connectivity index (χ1v) is 8.42. The number of ether oxygens (including phenoxy) is 2. The summed E-state index contributed by atoms with van der Waals surface area (Å²) >= 11 is 6.19. The van der Waals surface area contributed by atoms with Crippen LogP contribution in [0.5, 0.6) is 0 Å². The Morgan fingerprint density at radius 2 is 1.92 bits per heavy atom. The molecule has 2 aliphatic rings. The van der Waals surface area contributed by atoms with Gasteiger partial charge < -0.3 is 14.4 Å². The van der Waals surface area contributed by atoms with Gasteiger partial charge in [-0.15, -0.1) is 0 Å². The largest absolute Gasteiger partial charge is 0.347 e. The van der Waals surface area contributed by atoms with Crippen LogP contribution in [0.4, 0.5) is 0 Å². The van der Waals surface area contributed by atoms with E-state index in [1.807, 2.05) is 18.2 Å². The van der Waals surface area contributed by atoms with Crippen molar-refractivity contribution in [1.29, 1.82) is 0 Å². The van der Waals surface area contributed by atoms with Gasteiger partial charge in [-0.05, 0) is 12.1 Å². The van der Waals surface area contributed by atoms with E-state index in [4.69, 9.17) is 21.1 Å². The molecule has 0 radical (unpaired) electrons. The van der Waals surface area contributed by atoms with E-state index in [2.05, 4.69) is 10.2 Å². The molecule has 2 saturated heterocycles. The van der Waals surface area contributed by atoms with Crippen LogP contribution in [0.1, 0.15) is 23.3 Å². The van der Waals surface area contributed by atoms with Gasteiger partial charge >= 0.3 is 0 Å². The highest BCUT2D eigenvalue weighted by atomic mass is 35.5. The zero-order chi connectivity index (χ0) is 16.6. The Labute approximate surface area is 144 Å². The smallest absolute Gasteiger partial charge is 0.271 e. The number of nitrogens with zero attached hydrogens (tertiary/aromatic N) is 2. The molecular formula is C17H18ClN3O3. The van der Waals surface area contributed by atoms with Crippen LogP contribution in [0.3, 0.4) is 0 Å². The lowest BCUT2D eigenvalue weighted by Crippen LogP contribution is -2.47. The van der Waals surface area contributed by atoms with Gasteiger partial charge in [0.25, 0.3) is 5.91 Å². The number of hydrogen-bond acceptors (Lipinski definition) is 4. The van der Waals surface area contributed by atoms with Crippen molar-refractivity contribution in [1.82, 2.24) is 15.1 Å². The number of carbonyl (C=O) groups is 1. The second-order valence-corrected chi connectivity index (χ2v) is 6.45. The molecule has 6 nitrogen and oxygen atoms in total. The number of aromatic nitrogens is 2. The zero-order valence-electron chi connectivity index (χ0n) is 13.1. The predicted octanol–water partition coefficient (Wildman–Crippen LogP) is 2.71. The van der Waals surface area contributed by atoms with Gasteiger partial charge in [-0.25, -0.2) is 0 Å². The number of halogens is 1. The normalized spacial score (nSPS) is 19.8. The molecule has 126 valence electrons. The maximum Gasteiger partial charge on any atom is 0.271 e. The number of amides is 1. The van der Waals surface area contributed by atoms with Crippen LogP contribution in [0.15, 0.2) is 30.3 Å². The molecule has 2 aromatic rings. The van der Waals surface area contributed by atoms with Crippen molar-refractivity contribution in [3.8, 4) is 11.3 Å². The van der Waals surface area contributed by atoms with E-state index in [-0.39, 0.29) is 5.91 Å². The van der Waals surface area contributed by atoms with Crippen LogP contribution in [0.25, 0.3) is 11.3 Å². The second-order valence-electron chi connectivity index (χ2n) is 6.05. The minimum absolute atomic E-state index is 0.0614. The molecule has 2 fully saturated rings. The molecule has 0 bridgehead atoms. The fraction of sp³-hybridized carbons (Fsp3) is 0.412. The summed E-state index contributed by atoms with van der Waals surface area (Å²) in [5.41, 5.74) is 1.94. The quantitative estimate of drug-likeness (QED) is 0.907. The third-order valence-electron chi connectivity index (χ3n) is 4.58. The third kappa shape index (κ3) is 2.81. The fourth-order valence-electron chi connectivity index (χ4n) is 3.24. The van der Waals surface area contributed by atoms with Crippen molar-refractivity contribution in [2.75, 3.05) is 26.3 Å². The van der Waals surface area contributed by atoms with Crippen LogP contribution in [0, 0.1) is 0 Å². The third-order valence-corrected chi connectivity index (χ3v) is 4.91. The molecule has 1 amide bonds. The molecule has 1 aromatic heterocycles. The Kier molecular flexibility index (Phi) is 4.04. The van der Waals surface area contributed by atoms with Crippen LogP contribution >= 0.6 is 11.6 Å². The Hall–Kier alpha value is -1.89. The molecular weight excluding hydrogens is 330 g/mol. The first-order valence-electron chi connectivity index (χ1n) is 8.04. The number of rotatable bonds is 2. The minimum Gasteiger partial charge on any atom is -0.347 e. The Morgan fingerprint density at radius 3 is 2.62 bits per heavy atom. The summed E-state index contributed by atoms with van der Waals surface area (Å²) in [7, 11) is 0. The number of hydrogen-bond donors (Lipinski definition) is 1. The maximum absolute atomic E-state index is 12.7. The van der Waals surface area contributed by atoms with E-state index in [0.717, 1.165) is 5.56 Å². The molecule has 1 N–H and O–H groups in total. The highest BCUT2D eigenvalue weighted by molar-refractivity contribution is 6.33. The van der Waals surface area contributed by atoms with Gasteiger partial charge in [-0.1, -0.05) is 29.8 Å². The molecule has 1 spiro atoms. The molecule has 7 heteroatoms. The van der Waals surface area contributed by atoms with Gasteiger partial charge in [0.2, 0.25) is 0 Å². The first kappa shape index (κ1) is 15.6. The SMILES string of the molecule is O=C(c1cc(-c2ccccc2Cl)n[nH]1)N1CCC2(CC1)OCCO2. The van der Waals surface area contributed by atoms with Crippen molar-refractivity contribution in [3.63, 3.8) is 0 Å². The summed E-state index contributed by atoms with van der Waals surface area (Å²) in [6.07, 6.45) is 1.40. The minimum atomic E-state index is -0.479. The van der Waals surface area contributed by atoms with Gasteiger partial charge in [0.15, 0.2) is 5.79 Å². The predicted molar refractivity (Wildman–Crippen MR) is 88.8 cm³/mol. The summed E-state index contributed by atoms with van der Waals surface area (Å²) in [6, 6.07) is 9.19. The number of piperidine rings is 1. The second kappa shape index (κ2) is 6.20. The number of carbonyl (C=O) groups excluding carboxylic acids is 1. The van der Waals surface area contributed by atoms with Gasteiger partial charge in [0.1, 0.15) is 5.69 Å². The Bertz CT molecular complexity index is 745. The molecule has 2 aliphatic heterocycles. The molecule has 0 unspecified atom stereocenters. The van der Waals surface area contributed by atoms with E-state index in [9.17, 15) is 4.79 Å². The lowest BCUT2D eigenvalue weighted by molar-refractivity contribution is -0.181. The van der Waals surface area contributed by atoms with Gasteiger partial charge in [-0.3, -0.25) is 9.89 Å². The van der Waals surface area contributed by atoms with Crippen molar-refractivity contribution in [2.24, 2.45) is 0 Å². The monoisotopic (exact) mass is 347 g/mol. The molecule has 3 heterocycles. The van der Waals surface area contributed by atoms with Crippen molar-refractivity contribution < 1.29 is 14.3 Å². The maximum atomic E-state index is 12.7. The van der Waals surface area contributed by atoms with Crippen molar-refractivity contribution >= 4 is 17.5 Å². The van der Waals surface area contributed by atoms with E-state index in [0.29, 0.717) is 55.6 Å². The molecule has 0 saturated carbocycles. The van der Waals surface area contributed by atoms with Gasteiger partial charge in [-0.2, -0.15) is 5.10 Å². The van der Waals surface area contributed by atoms with Crippen molar-refractivity contribution in [2.45, 2.75) is 18.6 Å². The number of H-pyrrole nitrogens is 1. The van der Waals surface area contributed by atoms with Crippen LogP contribution in [0.2, 0.25) is 5.02 Å². The van der Waals surface area contributed by atoms with E-state index < -0.39 is 5.79 Å². The molecule has 0 atom stereocenters. The zero-order valence-corrected chi connectivity index (χ0v) is 13.9. The van der Waals surface area contributed by atoms with Crippen LogP contribution in [-0.4, -0.2) is 53.1 Å². The summed E-state index contributed by atoms with van der Waals surface area (Å²) in [4.78, 5) is 14.5. The Balaban J connectivity index is 1.47. The highest BCUT2D eigenvalue weighted by Crippen LogP contribution is 2.32. The standard InChI is InChI=1S/C17H18ClN3O3/c18-13-4-2-1-3-12(13)14-11-15(20-19-14)16(22)21-7-5-17(6-8-21)23-9-10-24-17/h1-4,11H,5-10H2,(H,19,20). The van der Waals surface area contributed by atoms with Crippen LogP contribution < -0.4 is 0 Å². The summed E-state index contributed by atoms with van der Waals surface area (Å²) in [5, 5.41) is 7.66. The van der Waals surface area contributed by atoms with Gasteiger partial charge in [0.05, 0.1) is 23.9 Å². The van der Waals surface area contributed by atoms with E-state index >= 15 is 0 Å². The molecule has 4 rings (SSSR count). The van der Waals surface area contributed by atoms with E-state index in [1.54, 1.807) is 17.0 Å². The molecule has 24 heavy (non-hydrogen) atoms. The number of benzene rings is 1. The van der Waals surface area contributed by atoms with Crippen LogP contribution in [-0.2, 0) is 9.47 Å². The fourth-order valence-corrected chi connectivity index (χ4v) is 3.48. The van der Waals surface area contributed by atoms with Gasteiger partial charge in [0, 0.05) is 31.5 Å². The number of likely N-dealkylation sites (tertiary alicyclic amines) is 1. The summed E-state index contributed by atoms with van der Waals surface area (Å²) in [5.74, 6) is -0.540. The highest BCUT2D eigenvalue weighted by Gasteiger charge is 2.41. The first-order chi connectivity index (χ1) is 11.7. The Morgan fingerprint density at radius 1 is 1.21 bits per heavy atom. The van der Waals surface area contributed by atoms with Crippen molar-refractivity contribution in [3.05, 3.63) is 41.0 Å². The molecule has 0 aliphatic carbocycles. The molecule has 1 aromatic carbocycles. The van der Waals surface area contributed by atoms with E-state index in [1.165, 1.54) is 0 Å². The number of nitrogens with one attached hydrogen (secondary N) is 1.